The molecule has 0 aromatic carbocycles. The molecule has 0 saturated carbocycles. The van der Waals surface area contributed by atoms with E-state index in [4.69, 9.17) is 15.5 Å². The highest BCUT2D eigenvalue weighted by atomic mass is 16.5. The summed E-state index contributed by atoms with van der Waals surface area (Å²) >= 11 is 0. The predicted octanol–water partition coefficient (Wildman–Crippen LogP) is -0.908. The van der Waals surface area contributed by atoms with E-state index >= 15 is 0 Å². The van der Waals surface area contributed by atoms with Crippen LogP contribution in [0.1, 0.15) is 23.2 Å². The van der Waals surface area contributed by atoms with Crippen molar-refractivity contribution in [2.24, 2.45) is 5.84 Å². The fraction of sp³-hybridized carbons (Fsp3) is 0.556. The first-order valence-electron chi connectivity index (χ1n) is 5.01. The van der Waals surface area contributed by atoms with Gasteiger partial charge in [0.05, 0.1) is 13.2 Å². The van der Waals surface area contributed by atoms with Crippen LogP contribution in [-0.2, 0) is 6.54 Å². The van der Waals surface area contributed by atoms with Gasteiger partial charge in [-0.2, -0.15) is 0 Å². The summed E-state index contributed by atoms with van der Waals surface area (Å²) in [6.45, 7) is 3.88. The van der Waals surface area contributed by atoms with Crippen LogP contribution in [0.25, 0.3) is 0 Å². The Kier molecular flexibility index (Phi) is 4.90. The standard InChI is InChI=1S/C9H16N4O3/c1-2-13(3-4-14)6-7-5-8(12-16-7)9(15)11-10/h5,14H,2-4,6,10H2,1H3,(H,11,15). The number of aliphatic hydroxyl groups excluding tert-OH is 1. The van der Waals surface area contributed by atoms with Crippen molar-refractivity contribution >= 4 is 5.91 Å². The second-order valence-electron chi connectivity index (χ2n) is 3.24. The fourth-order valence-electron chi connectivity index (χ4n) is 1.28. The van der Waals surface area contributed by atoms with Gasteiger partial charge in [0.25, 0.3) is 5.91 Å². The number of carbonyl (C=O) groups is 1. The summed E-state index contributed by atoms with van der Waals surface area (Å²) in [7, 11) is 0. The van der Waals surface area contributed by atoms with Crippen LogP contribution in [0.2, 0.25) is 0 Å². The Labute approximate surface area is 93.2 Å². The highest BCUT2D eigenvalue weighted by molar-refractivity contribution is 5.91. The minimum atomic E-state index is -0.486. The molecule has 0 bridgehead atoms. The number of amides is 1. The Morgan fingerprint density at radius 2 is 2.50 bits per heavy atom. The van der Waals surface area contributed by atoms with Gasteiger partial charge in [-0.25, -0.2) is 5.84 Å². The maximum absolute atomic E-state index is 11.1. The molecule has 0 fully saturated rings. The molecule has 90 valence electrons. The molecule has 7 nitrogen and oxygen atoms in total. The Morgan fingerprint density at radius 3 is 3.06 bits per heavy atom. The summed E-state index contributed by atoms with van der Waals surface area (Å²) in [5.41, 5.74) is 2.12. The van der Waals surface area contributed by atoms with Crippen molar-refractivity contribution in [2.45, 2.75) is 13.5 Å². The topological polar surface area (TPSA) is 105 Å². The Hall–Kier alpha value is -1.44. The number of hydrogen-bond donors (Lipinski definition) is 3. The minimum Gasteiger partial charge on any atom is -0.395 e. The van der Waals surface area contributed by atoms with E-state index in [-0.39, 0.29) is 12.3 Å². The Balaban J connectivity index is 2.60. The molecule has 7 heteroatoms. The normalized spacial score (nSPS) is 10.8. The number of aromatic nitrogens is 1. The molecule has 0 saturated heterocycles. The number of carbonyl (C=O) groups excluding carboxylic acids is 1. The lowest BCUT2D eigenvalue weighted by molar-refractivity contribution is 0.0944. The predicted molar refractivity (Wildman–Crippen MR) is 56.2 cm³/mol. The van der Waals surface area contributed by atoms with Crippen LogP contribution in [0.3, 0.4) is 0 Å². The van der Waals surface area contributed by atoms with Crippen LogP contribution < -0.4 is 11.3 Å². The molecule has 1 rings (SSSR count). The molecule has 1 aromatic heterocycles. The van der Waals surface area contributed by atoms with Crippen LogP contribution in [-0.4, -0.2) is 40.8 Å². The van der Waals surface area contributed by atoms with Crippen molar-refractivity contribution in [1.82, 2.24) is 15.5 Å². The molecule has 1 amide bonds. The van der Waals surface area contributed by atoms with E-state index in [1.165, 1.54) is 6.07 Å². The third-order valence-corrected chi connectivity index (χ3v) is 2.17. The van der Waals surface area contributed by atoms with Crippen molar-refractivity contribution in [3.8, 4) is 0 Å². The molecule has 0 aliphatic rings. The number of hydrogen-bond acceptors (Lipinski definition) is 6. The van der Waals surface area contributed by atoms with Gasteiger partial charge in [0.15, 0.2) is 11.5 Å². The van der Waals surface area contributed by atoms with Gasteiger partial charge in [0, 0.05) is 12.6 Å². The van der Waals surface area contributed by atoms with E-state index in [2.05, 4.69) is 5.16 Å². The van der Waals surface area contributed by atoms with Gasteiger partial charge in [0.2, 0.25) is 0 Å². The smallest absolute Gasteiger partial charge is 0.287 e. The van der Waals surface area contributed by atoms with E-state index < -0.39 is 5.91 Å². The lowest BCUT2D eigenvalue weighted by Crippen LogP contribution is -2.30. The largest absolute Gasteiger partial charge is 0.395 e. The number of aliphatic hydroxyl groups is 1. The molecule has 0 radical (unpaired) electrons. The number of nitrogen functional groups attached to an aromatic ring is 1. The van der Waals surface area contributed by atoms with Gasteiger partial charge >= 0.3 is 0 Å². The third-order valence-electron chi connectivity index (χ3n) is 2.17. The molecule has 1 heterocycles. The lowest BCUT2D eigenvalue weighted by atomic mass is 10.3. The molecule has 0 unspecified atom stereocenters. The third kappa shape index (κ3) is 3.30. The quantitative estimate of drug-likeness (QED) is 0.331. The van der Waals surface area contributed by atoms with Crippen LogP contribution in [0.5, 0.6) is 0 Å². The van der Waals surface area contributed by atoms with E-state index in [1.807, 2.05) is 17.2 Å². The van der Waals surface area contributed by atoms with Crippen LogP contribution in [0.4, 0.5) is 0 Å². The molecule has 16 heavy (non-hydrogen) atoms. The summed E-state index contributed by atoms with van der Waals surface area (Å²) in [6, 6.07) is 1.53. The minimum absolute atomic E-state index is 0.0815. The summed E-state index contributed by atoms with van der Waals surface area (Å²) < 4.78 is 4.98. The number of likely N-dealkylation sites (N-methyl/N-ethyl adjacent to an activating group) is 1. The molecule has 0 atom stereocenters. The van der Waals surface area contributed by atoms with Crippen LogP contribution in [0.15, 0.2) is 10.6 Å². The van der Waals surface area contributed by atoms with Crippen molar-refractivity contribution in [1.29, 1.82) is 0 Å². The first-order valence-corrected chi connectivity index (χ1v) is 5.01. The lowest BCUT2D eigenvalue weighted by Gasteiger charge is -2.16. The van der Waals surface area contributed by atoms with E-state index in [1.54, 1.807) is 0 Å². The number of hydrazine groups is 1. The number of nitrogens with zero attached hydrogens (tertiary/aromatic N) is 2. The van der Waals surface area contributed by atoms with Crippen LogP contribution in [0, 0.1) is 0 Å². The van der Waals surface area contributed by atoms with Crippen molar-refractivity contribution < 1.29 is 14.4 Å². The van der Waals surface area contributed by atoms with Crippen molar-refractivity contribution in [2.75, 3.05) is 19.7 Å². The maximum atomic E-state index is 11.1. The zero-order valence-electron chi connectivity index (χ0n) is 9.14. The number of nitrogens with two attached hydrogens (primary N) is 1. The molecule has 0 aliphatic carbocycles. The van der Waals surface area contributed by atoms with E-state index in [0.717, 1.165) is 6.54 Å². The highest BCUT2D eigenvalue weighted by Gasteiger charge is 2.12. The first-order chi connectivity index (χ1) is 7.71. The number of nitrogens with one attached hydrogen (secondary N) is 1. The van der Waals surface area contributed by atoms with Gasteiger partial charge in [0.1, 0.15) is 0 Å². The number of rotatable bonds is 6. The van der Waals surface area contributed by atoms with Gasteiger partial charge in [-0.3, -0.25) is 15.1 Å². The second kappa shape index (κ2) is 6.21. The molecule has 1 aromatic rings. The highest BCUT2D eigenvalue weighted by Crippen LogP contribution is 2.06. The monoisotopic (exact) mass is 228 g/mol. The average Bonchev–Trinajstić information content (AvgIpc) is 2.76. The Morgan fingerprint density at radius 1 is 1.75 bits per heavy atom. The summed E-state index contributed by atoms with van der Waals surface area (Å²) in [5.74, 6) is 5.04. The molecular formula is C9H16N4O3. The van der Waals surface area contributed by atoms with Crippen molar-refractivity contribution in [3.05, 3.63) is 17.5 Å². The molecule has 0 spiro atoms. The van der Waals surface area contributed by atoms with E-state index in [0.29, 0.717) is 18.8 Å². The van der Waals surface area contributed by atoms with Gasteiger partial charge in [-0.05, 0) is 6.54 Å². The van der Waals surface area contributed by atoms with E-state index in [9.17, 15) is 4.79 Å². The van der Waals surface area contributed by atoms with Crippen LogP contribution >= 0.6 is 0 Å². The van der Waals surface area contributed by atoms with Gasteiger partial charge < -0.3 is 9.63 Å². The molecule has 0 aliphatic heterocycles. The molecule has 4 N–H and O–H groups in total. The second-order valence-corrected chi connectivity index (χ2v) is 3.24. The zero-order valence-corrected chi connectivity index (χ0v) is 9.14. The first kappa shape index (κ1) is 12.6. The maximum Gasteiger partial charge on any atom is 0.287 e. The van der Waals surface area contributed by atoms with Gasteiger partial charge in [-0.15, -0.1) is 0 Å². The SMILES string of the molecule is CCN(CCO)Cc1cc(C(=O)NN)no1. The summed E-state index contributed by atoms with van der Waals surface area (Å²) in [5, 5.41) is 12.4. The molecular weight excluding hydrogens is 212 g/mol. The zero-order chi connectivity index (χ0) is 12.0. The average molecular weight is 228 g/mol. The summed E-state index contributed by atoms with van der Waals surface area (Å²) in [4.78, 5) is 13.1. The fourth-order valence-corrected chi connectivity index (χ4v) is 1.28. The van der Waals surface area contributed by atoms with Crippen molar-refractivity contribution in [3.63, 3.8) is 0 Å². The Bertz CT molecular complexity index is 339. The van der Waals surface area contributed by atoms with Gasteiger partial charge in [-0.1, -0.05) is 12.1 Å². The summed E-state index contributed by atoms with van der Waals surface area (Å²) in [6.07, 6.45) is 0.